The summed E-state index contributed by atoms with van der Waals surface area (Å²) in [6.45, 7) is -2.26. The van der Waals surface area contributed by atoms with E-state index >= 15 is 0 Å². The van der Waals surface area contributed by atoms with E-state index in [1.807, 2.05) is 0 Å². The molecule has 2 N–H and O–H groups in total. The molecule has 0 saturated heterocycles. The summed E-state index contributed by atoms with van der Waals surface area (Å²) >= 11 is 0. The van der Waals surface area contributed by atoms with E-state index in [-0.39, 0.29) is 4.31 Å². The summed E-state index contributed by atoms with van der Waals surface area (Å²) in [6, 6.07) is 4.13. The molecule has 0 spiro atoms. The van der Waals surface area contributed by atoms with Crippen LogP contribution in [0.15, 0.2) is 23.1 Å². The molecule has 0 unspecified atom stereocenters. The number of carboxylic acid groups (broad SMARTS) is 2. The van der Waals surface area contributed by atoms with E-state index < -0.39 is 51.3 Å². The zero-order valence-electron chi connectivity index (χ0n) is 10.4. The van der Waals surface area contributed by atoms with Crippen LogP contribution in [0, 0.1) is 17.1 Å². The zero-order valence-corrected chi connectivity index (χ0v) is 11.2. The van der Waals surface area contributed by atoms with E-state index in [0.29, 0.717) is 0 Å². The van der Waals surface area contributed by atoms with Crippen molar-refractivity contribution in [3.63, 3.8) is 0 Å². The average molecular weight is 316 g/mol. The van der Waals surface area contributed by atoms with Gasteiger partial charge < -0.3 is 10.2 Å². The SMILES string of the molecule is N#Cc1c(F)cccc1S(=O)(=O)N(CC(=O)O)CC(=O)O. The number of nitrogens with zero attached hydrogens (tertiary/aromatic N) is 2. The molecule has 0 bridgehead atoms. The van der Waals surface area contributed by atoms with Gasteiger partial charge in [0, 0.05) is 0 Å². The second kappa shape index (κ2) is 6.29. The van der Waals surface area contributed by atoms with Crippen LogP contribution in [-0.4, -0.2) is 48.0 Å². The van der Waals surface area contributed by atoms with Gasteiger partial charge in [-0.25, -0.2) is 12.8 Å². The molecule has 0 aliphatic carbocycles. The number of rotatable bonds is 6. The first kappa shape index (κ1) is 16.5. The van der Waals surface area contributed by atoms with Gasteiger partial charge in [-0.3, -0.25) is 9.59 Å². The van der Waals surface area contributed by atoms with E-state index in [9.17, 15) is 22.4 Å². The van der Waals surface area contributed by atoms with Crippen molar-refractivity contribution < 1.29 is 32.6 Å². The van der Waals surface area contributed by atoms with E-state index in [4.69, 9.17) is 15.5 Å². The Morgan fingerprint density at radius 2 is 1.76 bits per heavy atom. The minimum Gasteiger partial charge on any atom is -0.480 e. The Hall–Kier alpha value is -2.51. The molecule has 0 aromatic heterocycles. The van der Waals surface area contributed by atoms with Gasteiger partial charge in [0.05, 0.1) is 0 Å². The molecular weight excluding hydrogens is 307 g/mol. The molecule has 1 aromatic rings. The van der Waals surface area contributed by atoms with Gasteiger partial charge in [-0.2, -0.15) is 9.57 Å². The van der Waals surface area contributed by atoms with Crippen molar-refractivity contribution in [2.24, 2.45) is 0 Å². The fourth-order valence-corrected chi connectivity index (χ4v) is 2.99. The topological polar surface area (TPSA) is 136 Å². The summed E-state index contributed by atoms with van der Waals surface area (Å²) in [4.78, 5) is 20.5. The van der Waals surface area contributed by atoms with Gasteiger partial charge in [0.2, 0.25) is 10.0 Å². The highest BCUT2D eigenvalue weighted by Crippen LogP contribution is 2.21. The fourth-order valence-electron chi connectivity index (χ4n) is 1.49. The third-order valence-corrected chi connectivity index (χ3v) is 4.16. The van der Waals surface area contributed by atoms with Crippen molar-refractivity contribution in [1.82, 2.24) is 4.31 Å². The number of sulfonamides is 1. The van der Waals surface area contributed by atoms with Gasteiger partial charge in [0.25, 0.3) is 0 Å². The molecule has 21 heavy (non-hydrogen) atoms. The Morgan fingerprint density at radius 1 is 1.24 bits per heavy atom. The number of carboxylic acids is 2. The van der Waals surface area contributed by atoms with Crippen LogP contribution < -0.4 is 0 Å². The van der Waals surface area contributed by atoms with E-state index in [1.165, 1.54) is 6.07 Å². The predicted molar refractivity (Wildman–Crippen MR) is 65.1 cm³/mol. The van der Waals surface area contributed by atoms with E-state index in [2.05, 4.69) is 0 Å². The molecule has 1 aromatic carbocycles. The van der Waals surface area contributed by atoms with E-state index in [1.54, 1.807) is 0 Å². The molecule has 0 aliphatic heterocycles. The number of hydrogen-bond donors (Lipinski definition) is 2. The molecule has 0 radical (unpaired) electrons. The van der Waals surface area contributed by atoms with Gasteiger partial charge in [-0.1, -0.05) is 6.07 Å². The van der Waals surface area contributed by atoms with Crippen LogP contribution in [0.5, 0.6) is 0 Å². The number of nitriles is 1. The van der Waals surface area contributed by atoms with Crippen molar-refractivity contribution in [2.75, 3.05) is 13.1 Å². The summed E-state index contributed by atoms with van der Waals surface area (Å²) < 4.78 is 38.0. The summed E-state index contributed by atoms with van der Waals surface area (Å²) in [7, 11) is -4.65. The Morgan fingerprint density at radius 3 is 2.19 bits per heavy atom. The van der Waals surface area contributed by atoms with Gasteiger partial charge in [0.15, 0.2) is 0 Å². The number of carbonyl (C=O) groups is 2. The summed E-state index contributed by atoms with van der Waals surface area (Å²) in [5.74, 6) is -4.28. The van der Waals surface area contributed by atoms with Gasteiger partial charge >= 0.3 is 11.9 Å². The smallest absolute Gasteiger partial charge is 0.318 e. The van der Waals surface area contributed by atoms with Crippen LogP contribution in [0.4, 0.5) is 4.39 Å². The van der Waals surface area contributed by atoms with Crippen LogP contribution in [0.2, 0.25) is 0 Å². The van der Waals surface area contributed by atoms with Gasteiger partial charge in [0.1, 0.15) is 35.4 Å². The molecule has 0 heterocycles. The van der Waals surface area contributed by atoms with Crippen molar-refractivity contribution in [3.8, 4) is 6.07 Å². The summed E-state index contributed by atoms with van der Waals surface area (Å²) in [5.41, 5.74) is -0.807. The first-order valence-electron chi connectivity index (χ1n) is 5.32. The molecule has 0 fully saturated rings. The van der Waals surface area contributed by atoms with Gasteiger partial charge in [-0.15, -0.1) is 0 Å². The summed E-state index contributed by atoms with van der Waals surface area (Å²) in [6.07, 6.45) is 0. The monoisotopic (exact) mass is 316 g/mol. The third-order valence-electron chi connectivity index (χ3n) is 2.33. The minimum absolute atomic E-state index is 0.132. The summed E-state index contributed by atoms with van der Waals surface area (Å²) in [5, 5.41) is 26.1. The first-order valence-corrected chi connectivity index (χ1v) is 6.76. The lowest BCUT2D eigenvalue weighted by Crippen LogP contribution is -2.39. The second-order valence-electron chi connectivity index (χ2n) is 3.79. The van der Waals surface area contributed by atoms with Crippen molar-refractivity contribution in [2.45, 2.75) is 4.90 Å². The molecule has 0 amide bonds. The molecular formula is C11H9FN2O6S. The Bertz CT molecular complexity index is 709. The van der Waals surface area contributed by atoms with E-state index in [0.717, 1.165) is 18.2 Å². The van der Waals surface area contributed by atoms with Crippen LogP contribution in [0.1, 0.15) is 5.56 Å². The Balaban J connectivity index is 3.42. The lowest BCUT2D eigenvalue weighted by atomic mass is 10.2. The Kier molecular flexibility index (Phi) is 4.96. The maximum Gasteiger partial charge on any atom is 0.318 e. The molecule has 8 nitrogen and oxygen atoms in total. The lowest BCUT2D eigenvalue weighted by molar-refractivity contribution is -0.139. The molecule has 0 aliphatic rings. The number of halogens is 1. The van der Waals surface area contributed by atoms with Crippen molar-refractivity contribution in [3.05, 3.63) is 29.6 Å². The van der Waals surface area contributed by atoms with Crippen LogP contribution in [-0.2, 0) is 19.6 Å². The molecule has 1 rings (SSSR count). The highest BCUT2D eigenvalue weighted by molar-refractivity contribution is 7.89. The average Bonchev–Trinajstić information content (AvgIpc) is 2.36. The Labute approximate surface area is 118 Å². The molecule has 0 saturated carbocycles. The number of hydrogen-bond acceptors (Lipinski definition) is 5. The molecule has 0 atom stereocenters. The van der Waals surface area contributed by atoms with Crippen molar-refractivity contribution >= 4 is 22.0 Å². The molecule has 112 valence electrons. The largest absolute Gasteiger partial charge is 0.480 e. The number of benzene rings is 1. The highest BCUT2D eigenvalue weighted by atomic mass is 32.2. The second-order valence-corrected chi connectivity index (χ2v) is 5.69. The minimum atomic E-state index is -4.65. The fraction of sp³-hybridized carbons (Fsp3) is 0.182. The van der Waals surface area contributed by atoms with Crippen LogP contribution >= 0.6 is 0 Å². The van der Waals surface area contributed by atoms with Crippen LogP contribution in [0.3, 0.4) is 0 Å². The lowest BCUT2D eigenvalue weighted by Gasteiger charge is -2.19. The third kappa shape index (κ3) is 3.74. The predicted octanol–water partition coefficient (Wildman–Crippen LogP) is -0.143. The van der Waals surface area contributed by atoms with Crippen LogP contribution in [0.25, 0.3) is 0 Å². The maximum atomic E-state index is 13.4. The maximum absolute atomic E-state index is 13.4. The van der Waals surface area contributed by atoms with Crippen molar-refractivity contribution in [1.29, 1.82) is 5.26 Å². The molecule has 10 heteroatoms. The first-order chi connectivity index (χ1) is 9.70. The zero-order chi connectivity index (χ0) is 16.2. The standard InChI is InChI=1S/C11H9FN2O6S/c12-8-2-1-3-9(7(8)4-13)21(19,20)14(5-10(15)16)6-11(17)18/h1-3H,5-6H2,(H,15,16)(H,17,18). The highest BCUT2D eigenvalue weighted by Gasteiger charge is 2.31. The normalized spacial score (nSPS) is 11.1. The number of aliphatic carboxylic acids is 2. The van der Waals surface area contributed by atoms with Gasteiger partial charge in [-0.05, 0) is 12.1 Å². The quantitative estimate of drug-likeness (QED) is 0.745.